The minimum absolute atomic E-state index is 0.247. The van der Waals surface area contributed by atoms with Crippen molar-refractivity contribution in [3.8, 4) is 0 Å². The van der Waals surface area contributed by atoms with Crippen LogP contribution in [0.3, 0.4) is 0 Å². The molecule has 0 bridgehead atoms. The second kappa shape index (κ2) is 25.7. The van der Waals surface area contributed by atoms with Crippen molar-refractivity contribution in [2.75, 3.05) is 0 Å². The van der Waals surface area contributed by atoms with Crippen LogP contribution in [-0.2, 0) is 4.79 Å². The smallest absolute Gasteiger partial charge is 0.220 e. The number of rotatable bonds is 25. The SMILES string of the molecule is [CH2]CC(CCCCCCCCCCCC)NC(=O)CCCCCCCCCCCCC. The summed E-state index contributed by atoms with van der Waals surface area (Å²) < 4.78 is 0. The van der Waals surface area contributed by atoms with Crippen molar-refractivity contribution < 1.29 is 4.79 Å². The standard InChI is InChI=1S/C29H58NO/c1-4-7-9-11-13-15-17-19-21-23-25-27-29(31)30-28(6-3)26-24-22-20-18-16-14-12-10-8-5-2/h28H,3-27H2,1-2H3,(H,30,31). The first kappa shape index (κ1) is 30.5. The van der Waals surface area contributed by atoms with Crippen molar-refractivity contribution in [3.63, 3.8) is 0 Å². The summed E-state index contributed by atoms with van der Waals surface area (Å²) in [5.41, 5.74) is 0. The fourth-order valence-electron chi connectivity index (χ4n) is 4.42. The molecular formula is C29H58NO. The van der Waals surface area contributed by atoms with Crippen molar-refractivity contribution >= 4 is 5.91 Å². The number of carbonyl (C=O) groups excluding carboxylic acids is 1. The normalized spacial score (nSPS) is 12.2. The van der Waals surface area contributed by atoms with E-state index in [1.165, 1.54) is 128 Å². The molecule has 1 N–H and O–H groups in total. The van der Waals surface area contributed by atoms with E-state index in [0.717, 1.165) is 19.3 Å². The first-order valence-electron chi connectivity index (χ1n) is 14.3. The molecule has 0 aromatic heterocycles. The van der Waals surface area contributed by atoms with Crippen molar-refractivity contribution in [3.05, 3.63) is 6.92 Å². The van der Waals surface area contributed by atoms with Gasteiger partial charge in [0.2, 0.25) is 5.91 Å². The molecule has 0 fully saturated rings. The first-order valence-corrected chi connectivity index (χ1v) is 14.3. The molecule has 2 nitrogen and oxygen atoms in total. The number of hydrogen-bond donors (Lipinski definition) is 1. The summed E-state index contributed by atoms with van der Waals surface area (Å²) in [4.78, 5) is 12.2. The number of unbranched alkanes of at least 4 members (excludes halogenated alkanes) is 19. The van der Waals surface area contributed by atoms with Gasteiger partial charge in [-0.05, 0) is 19.3 Å². The lowest BCUT2D eigenvalue weighted by Crippen LogP contribution is -2.34. The van der Waals surface area contributed by atoms with Crippen LogP contribution in [0.25, 0.3) is 0 Å². The third-order valence-electron chi connectivity index (χ3n) is 6.63. The molecule has 185 valence electrons. The molecule has 2 heteroatoms. The Morgan fingerprint density at radius 2 is 0.935 bits per heavy atom. The molecule has 0 aliphatic rings. The highest BCUT2D eigenvalue weighted by atomic mass is 16.1. The van der Waals surface area contributed by atoms with Gasteiger partial charge < -0.3 is 5.32 Å². The van der Waals surface area contributed by atoms with E-state index in [-0.39, 0.29) is 11.9 Å². The Bertz CT molecular complexity index is 355. The monoisotopic (exact) mass is 436 g/mol. The summed E-state index contributed by atoms with van der Waals surface area (Å²) in [5.74, 6) is 0.247. The Morgan fingerprint density at radius 3 is 1.32 bits per heavy atom. The highest BCUT2D eigenvalue weighted by Gasteiger charge is 2.10. The van der Waals surface area contributed by atoms with E-state index >= 15 is 0 Å². The molecule has 0 spiro atoms. The van der Waals surface area contributed by atoms with Gasteiger partial charge in [-0.1, -0.05) is 149 Å². The van der Waals surface area contributed by atoms with E-state index in [2.05, 4.69) is 26.1 Å². The van der Waals surface area contributed by atoms with Crippen LogP contribution in [0.4, 0.5) is 0 Å². The highest BCUT2D eigenvalue weighted by molar-refractivity contribution is 5.76. The fraction of sp³-hybridized carbons (Fsp3) is 0.931. The van der Waals surface area contributed by atoms with Crippen LogP contribution in [0.15, 0.2) is 0 Å². The number of hydrogen-bond acceptors (Lipinski definition) is 1. The zero-order chi connectivity index (χ0) is 22.8. The molecule has 0 aromatic rings. The average Bonchev–Trinajstić information content (AvgIpc) is 2.77. The summed E-state index contributed by atoms with van der Waals surface area (Å²) in [5, 5.41) is 3.23. The molecule has 1 amide bonds. The summed E-state index contributed by atoms with van der Waals surface area (Å²) in [7, 11) is 0. The molecule has 1 unspecified atom stereocenters. The van der Waals surface area contributed by atoms with Gasteiger partial charge >= 0.3 is 0 Å². The van der Waals surface area contributed by atoms with Crippen molar-refractivity contribution in [1.82, 2.24) is 5.32 Å². The minimum atomic E-state index is 0.247. The van der Waals surface area contributed by atoms with Gasteiger partial charge in [0.05, 0.1) is 0 Å². The molecule has 31 heavy (non-hydrogen) atoms. The lowest BCUT2D eigenvalue weighted by Gasteiger charge is -2.17. The van der Waals surface area contributed by atoms with Crippen LogP contribution in [0, 0.1) is 6.92 Å². The molecule has 1 radical (unpaired) electrons. The van der Waals surface area contributed by atoms with Gasteiger partial charge in [-0.3, -0.25) is 4.79 Å². The summed E-state index contributed by atoms with van der Waals surface area (Å²) in [6.07, 6.45) is 30.9. The van der Waals surface area contributed by atoms with E-state index in [0.29, 0.717) is 6.42 Å². The molecule has 0 aromatic carbocycles. The zero-order valence-electron chi connectivity index (χ0n) is 21.7. The van der Waals surface area contributed by atoms with Crippen LogP contribution in [0.1, 0.15) is 168 Å². The van der Waals surface area contributed by atoms with Gasteiger partial charge in [-0.15, -0.1) is 0 Å². The van der Waals surface area contributed by atoms with E-state index in [1.54, 1.807) is 0 Å². The van der Waals surface area contributed by atoms with Crippen LogP contribution in [0.2, 0.25) is 0 Å². The van der Waals surface area contributed by atoms with Crippen molar-refractivity contribution in [1.29, 1.82) is 0 Å². The maximum atomic E-state index is 12.2. The van der Waals surface area contributed by atoms with Gasteiger partial charge in [0.15, 0.2) is 0 Å². The van der Waals surface area contributed by atoms with E-state index in [9.17, 15) is 4.79 Å². The zero-order valence-corrected chi connectivity index (χ0v) is 21.7. The lowest BCUT2D eigenvalue weighted by atomic mass is 10.0. The average molecular weight is 437 g/mol. The number of carbonyl (C=O) groups is 1. The Hall–Kier alpha value is -0.530. The second-order valence-corrected chi connectivity index (χ2v) is 9.81. The molecule has 0 rings (SSSR count). The molecule has 0 aliphatic heterocycles. The second-order valence-electron chi connectivity index (χ2n) is 9.81. The minimum Gasteiger partial charge on any atom is -0.353 e. The predicted octanol–water partition coefficient (Wildman–Crippen LogP) is 9.71. The van der Waals surface area contributed by atoms with Gasteiger partial charge in [0.25, 0.3) is 0 Å². The quantitative estimate of drug-likeness (QED) is 0.142. The Kier molecular flexibility index (Phi) is 25.3. The largest absolute Gasteiger partial charge is 0.353 e. The molecule has 0 heterocycles. The van der Waals surface area contributed by atoms with Gasteiger partial charge in [-0.25, -0.2) is 0 Å². The Morgan fingerprint density at radius 1 is 0.581 bits per heavy atom. The number of amides is 1. The van der Waals surface area contributed by atoms with Gasteiger partial charge in [0, 0.05) is 12.5 Å². The predicted molar refractivity (Wildman–Crippen MR) is 139 cm³/mol. The van der Waals surface area contributed by atoms with Gasteiger partial charge in [-0.2, -0.15) is 0 Å². The maximum Gasteiger partial charge on any atom is 0.220 e. The lowest BCUT2D eigenvalue weighted by molar-refractivity contribution is -0.121. The summed E-state index contributed by atoms with van der Waals surface area (Å²) in [6.45, 7) is 8.60. The highest BCUT2D eigenvalue weighted by Crippen LogP contribution is 2.14. The van der Waals surface area contributed by atoms with Crippen molar-refractivity contribution in [2.24, 2.45) is 0 Å². The first-order chi connectivity index (χ1) is 15.2. The van der Waals surface area contributed by atoms with Crippen molar-refractivity contribution in [2.45, 2.75) is 174 Å². The van der Waals surface area contributed by atoms with Gasteiger partial charge in [0.1, 0.15) is 0 Å². The Labute approximate surface area is 197 Å². The summed E-state index contributed by atoms with van der Waals surface area (Å²) >= 11 is 0. The van der Waals surface area contributed by atoms with Crippen LogP contribution in [-0.4, -0.2) is 11.9 Å². The Balaban J connectivity index is 3.44. The van der Waals surface area contributed by atoms with E-state index in [4.69, 9.17) is 0 Å². The topological polar surface area (TPSA) is 29.1 Å². The molecule has 0 aliphatic carbocycles. The summed E-state index contributed by atoms with van der Waals surface area (Å²) in [6, 6.07) is 0.286. The molecular weight excluding hydrogens is 378 g/mol. The van der Waals surface area contributed by atoms with Crippen LogP contribution >= 0.6 is 0 Å². The molecule has 1 atom stereocenters. The number of nitrogens with one attached hydrogen (secondary N) is 1. The van der Waals surface area contributed by atoms with E-state index in [1.807, 2.05) is 0 Å². The van der Waals surface area contributed by atoms with Crippen LogP contribution in [0.5, 0.6) is 0 Å². The molecule has 0 saturated carbocycles. The maximum absolute atomic E-state index is 12.2. The van der Waals surface area contributed by atoms with Crippen LogP contribution < -0.4 is 5.32 Å². The third-order valence-corrected chi connectivity index (χ3v) is 6.63. The third kappa shape index (κ3) is 24.0. The van der Waals surface area contributed by atoms with E-state index < -0.39 is 0 Å². The fourth-order valence-corrected chi connectivity index (χ4v) is 4.42. The molecule has 0 saturated heterocycles.